The van der Waals surface area contributed by atoms with Gasteiger partial charge in [0.15, 0.2) is 0 Å². The van der Waals surface area contributed by atoms with Gasteiger partial charge in [0.1, 0.15) is 0 Å². The van der Waals surface area contributed by atoms with E-state index in [1.54, 1.807) is 12.1 Å². The molecule has 0 heterocycles. The predicted octanol–water partition coefficient (Wildman–Crippen LogP) is 3.66. The summed E-state index contributed by atoms with van der Waals surface area (Å²) in [6.07, 6.45) is 4.85. The highest BCUT2D eigenvalue weighted by molar-refractivity contribution is 14.1. The second kappa shape index (κ2) is 6.58. The summed E-state index contributed by atoms with van der Waals surface area (Å²) in [6.45, 7) is 0. The minimum Gasteiger partial charge on any atom is -0.391 e. The van der Waals surface area contributed by atoms with E-state index in [1.807, 2.05) is 6.07 Å². The van der Waals surface area contributed by atoms with Crippen molar-refractivity contribution >= 4 is 57.3 Å². The Morgan fingerprint density at radius 3 is 2.55 bits per heavy atom. The van der Waals surface area contributed by atoms with E-state index in [0.29, 0.717) is 15.6 Å². The molecule has 6 heteroatoms. The number of nitrogens with two attached hydrogens (primary N) is 1. The van der Waals surface area contributed by atoms with Crippen LogP contribution in [0.25, 0.3) is 0 Å². The number of hydrogen-bond donors (Lipinski definition) is 2. The number of nitrogens with one attached hydrogen (secondary N) is 1. The number of halogens is 2. The summed E-state index contributed by atoms with van der Waals surface area (Å²) in [4.78, 5) is 12.8. The molecule has 1 aromatic rings. The first-order valence-corrected chi connectivity index (χ1v) is 8.38. The summed E-state index contributed by atoms with van der Waals surface area (Å²) in [5.74, 6) is -0.169. The van der Waals surface area contributed by atoms with Gasteiger partial charge in [-0.1, -0.05) is 43.1 Å². The lowest BCUT2D eigenvalue weighted by Gasteiger charge is -2.37. The Kier molecular flexibility index (Phi) is 5.25. The van der Waals surface area contributed by atoms with Gasteiger partial charge in [0.2, 0.25) is 0 Å². The molecule has 0 aliphatic heterocycles. The Hall–Kier alpha value is -0.400. The van der Waals surface area contributed by atoms with Crippen molar-refractivity contribution in [2.24, 2.45) is 5.73 Å². The van der Waals surface area contributed by atoms with Gasteiger partial charge in [-0.15, -0.1) is 0 Å². The molecular formula is C14H16ClIN2OS. The van der Waals surface area contributed by atoms with E-state index < -0.39 is 5.54 Å². The highest BCUT2D eigenvalue weighted by Gasteiger charge is 2.36. The average molecular weight is 423 g/mol. The van der Waals surface area contributed by atoms with Crippen molar-refractivity contribution < 1.29 is 4.79 Å². The topological polar surface area (TPSA) is 55.1 Å². The van der Waals surface area contributed by atoms with Crippen LogP contribution in [0.15, 0.2) is 18.2 Å². The zero-order valence-electron chi connectivity index (χ0n) is 10.9. The fraction of sp³-hybridized carbons (Fsp3) is 0.429. The van der Waals surface area contributed by atoms with Crippen molar-refractivity contribution in [1.29, 1.82) is 0 Å². The monoisotopic (exact) mass is 422 g/mol. The summed E-state index contributed by atoms with van der Waals surface area (Å²) in [5, 5.41) is 3.60. The van der Waals surface area contributed by atoms with Gasteiger partial charge in [-0.2, -0.15) is 0 Å². The zero-order valence-corrected chi connectivity index (χ0v) is 14.6. The number of amides is 1. The summed E-state index contributed by atoms with van der Waals surface area (Å²) in [5.41, 5.74) is 5.87. The predicted molar refractivity (Wildman–Crippen MR) is 94.2 cm³/mol. The molecule has 0 saturated heterocycles. The van der Waals surface area contributed by atoms with Crippen molar-refractivity contribution in [2.75, 3.05) is 0 Å². The van der Waals surface area contributed by atoms with Crippen molar-refractivity contribution in [3.63, 3.8) is 0 Å². The molecule has 1 aliphatic carbocycles. The maximum atomic E-state index is 12.4. The first-order valence-electron chi connectivity index (χ1n) is 6.52. The molecule has 20 heavy (non-hydrogen) atoms. The maximum absolute atomic E-state index is 12.4. The van der Waals surface area contributed by atoms with Gasteiger partial charge in [0.25, 0.3) is 5.91 Å². The zero-order chi connectivity index (χ0) is 14.8. The number of benzene rings is 1. The van der Waals surface area contributed by atoms with E-state index in [1.165, 1.54) is 0 Å². The third-order valence-corrected chi connectivity index (χ3v) is 5.68. The van der Waals surface area contributed by atoms with Crippen LogP contribution in [0.4, 0.5) is 0 Å². The molecule has 1 aromatic carbocycles. The van der Waals surface area contributed by atoms with E-state index in [-0.39, 0.29) is 5.91 Å². The molecular weight excluding hydrogens is 407 g/mol. The molecule has 0 radical (unpaired) electrons. The van der Waals surface area contributed by atoms with Crippen molar-refractivity contribution in [2.45, 2.75) is 37.6 Å². The van der Waals surface area contributed by atoms with Gasteiger partial charge in [0, 0.05) is 9.13 Å². The molecule has 2 rings (SSSR count). The molecule has 3 N–H and O–H groups in total. The second-order valence-corrected chi connectivity index (χ2v) is 7.10. The fourth-order valence-electron chi connectivity index (χ4n) is 2.52. The van der Waals surface area contributed by atoms with Crippen LogP contribution in [-0.2, 0) is 0 Å². The Balaban J connectivity index is 2.20. The van der Waals surface area contributed by atoms with Gasteiger partial charge in [-0.25, -0.2) is 0 Å². The smallest absolute Gasteiger partial charge is 0.252 e. The van der Waals surface area contributed by atoms with Crippen molar-refractivity contribution in [3.8, 4) is 0 Å². The highest BCUT2D eigenvalue weighted by Crippen LogP contribution is 2.29. The molecule has 1 saturated carbocycles. The summed E-state index contributed by atoms with van der Waals surface area (Å²) < 4.78 is 0.919. The van der Waals surface area contributed by atoms with Gasteiger partial charge in [-0.3, -0.25) is 4.79 Å². The van der Waals surface area contributed by atoms with Crippen LogP contribution in [0.2, 0.25) is 5.02 Å². The molecule has 0 aromatic heterocycles. The van der Waals surface area contributed by atoms with Gasteiger partial charge < -0.3 is 11.1 Å². The average Bonchev–Trinajstić information content (AvgIpc) is 2.42. The number of carbonyl (C=O) groups excluding carboxylic acids is 1. The third kappa shape index (κ3) is 3.43. The van der Waals surface area contributed by atoms with Crippen LogP contribution in [0, 0.1) is 3.57 Å². The second-order valence-electron chi connectivity index (χ2n) is 5.09. The molecule has 0 unspecified atom stereocenters. The third-order valence-electron chi connectivity index (χ3n) is 3.71. The van der Waals surface area contributed by atoms with Gasteiger partial charge in [-0.05, 0) is 53.6 Å². The van der Waals surface area contributed by atoms with Crippen molar-refractivity contribution in [1.82, 2.24) is 5.32 Å². The molecule has 0 atom stereocenters. The minimum atomic E-state index is -0.542. The van der Waals surface area contributed by atoms with Crippen LogP contribution in [0.5, 0.6) is 0 Å². The molecule has 0 bridgehead atoms. The number of thiocarbonyl (C=S) groups is 1. The molecule has 0 spiro atoms. The standard InChI is InChI=1S/C14H16ClIN2OS/c15-10-8-9(4-5-11(10)16)12(19)18-14(13(17)20)6-2-1-3-7-14/h4-5,8H,1-3,6-7H2,(H2,17,20)(H,18,19). The summed E-state index contributed by atoms with van der Waals surface area (Å²) in [6, 6.07) is 5.26. The highest BCUT2D eigenvalue weighted by atomic mass is 127. The fourth-order valence-corrected chi connectivity index (χ4v) is 3.29. The molecule has 108 valence electrons. The Bertz CT molecular complexity index is 544. The maximum Gasteiger partial charge on any atom is 0.252 e. The van der Waals surface area contributed by atoms with Crippen LogP contribution in [0.1, 0.15) is 42.5 Å². The van der Waals surface area contributed by atoms with Gasteiger partial charge in [0.05, 0.1) is 15.6 Å². The number of rotatable bonds is 3. The van der Waals surface area contributed by atoms with Crippen LogP contribution in [0.3, 0.4) is 0 Å². The van der Waals surface area contributed by atoms with Gasteiger partial charge >= 0.3 is 0 Å². The van der Waals surface area contributed by atoms with E-state index in [9.17, 15) is 4.79 Å². The lowest BCUT2D eigenvalue weighted by molar-refractivity contribution is 0.0908. The van der Waals surface area contributed by atoms with Crippen molar-refractivity contribution in [3.05, 3.63) is 32.4 Å². The lowest BCUT2D eigenvalue weighted by Crippen LogP contribution is -2.57. The Morgan fingerprint density at radius 2 is 2.00 bits per heavy atom. The van der Waals surface area contributed by atoms with E-state index in [2.05, 4.69) is 27.9 Å². The molecule has 1 fully saturated rings. The number of hydrogen-bond acceptors (Lipinski definition) is 2. The van der Waals surface area contributed by atoms with E-state index in [0.717, 1.165) is 35.7 Å². The SMILES string of the molecule is NC(=S)C1(NC(=O)c2ccc(I)c(Cl)c2)CCCCC1. The quantitative estimate of drug-likeness (QED) is 0.577. The first kappa shape index (κ1) is 16.0. The Morgan fingerprint density at radius 1 is 1.35 bits per heavy atom. The minimum absolute atomic E-state index is 0.169. The molecule has 1 amide bonds. The van der Waals surface area contributed by atoms with E-state index in [4.69, 9.17) is 29.6 Å². The molecule has 3 nitrogen and oxygen atoms in total. The van der Waals surface area contributed by atoms with Crippen LogP contribution < -0.4 is 11.1 Å². The van der Waals surface area contributed by atoms with E-state index >= 15 is 0 Å². The molecule has 1 aliphatic rings. The summed E-state index contributed by atoms with van der Waals surface area (Å²) in [7, 11) is 0. The largest absolute Gasteiger partial charge is 0.391 e. The van der Waals surface area contributed by atoms with Crippen LogP contribution >= 0.6 is 46.4 Å². The summed E-state index contributed by atoms with van der Waals surface area (Å²) >= 11 is 13.4. The normalized spacial score (nSPS) is 17.5. The van der Waals surface area contributed by atoms with Crippen LogP contribution in [-0.4, -0.2) is 16.4 Å². The lowest BCUT2D eigenvalue weighted by atomic mass is 9.81. The Labute approximate surface area is 142 Å². The number of carbonyl (C=O) groups is 1. The first-order chi connectivity index (χ1) is 9.44.